The summed E-state index contributed by atoms with van der Waals surface area (Å²) in [5.74, 6) is -3.59. The lowest BCUT2D eigenvalue weighted by Gasteiger charge is -2.06. The summed E-state index contributed by atoms with van der Waals surface area (Å²) in [6.45, 7) is 0. The highest BCUT2D eigenvalue weighted by atomic mass is 19.3. The number of pyridine rings is 1. The van der Waals surface area contributed by atoms with Crippen LogP contribution >= 0.6 is 0 Å². The summed E-state index contributed by atoms with van der Waals surface area (Å²) >= 11 is 0. The van der Waals surface area contributed by atoms with Crippen LogP contribution in [-0.4, -0.2) is 21.2 Å². The van der Waals surface area contributed by atoms with Gasteiger partial charge in [0.15, 0.2) is 5.69 Å². The topological polar surface area (TPSA) is 70.4 Å². The van der Waals surface area contributed by atoms with Crippen molar-refractivity contribution in [1.82, 2.24) is 4.98 Å². The number of carboxylic acids is 1. The summed E-state index contributed by atoms with van der Waals surface area (Å²) in [4.78, 5) is 13.1. The summed E-state index contributed by atoms with van der Waals surface area (Å²) in [6, 6.07) is 0.606. The molecule has 4 nitrogen and oxygen atoms in total. The van der Waals surface area contributed by atoms with Gasteiger partial charge in [-0.15, -0.1) is 0 Å². The van der Waals surface area contributed by atoms with Crippen LogP contribution in [0.2, 0.25) is 0 Å². The van der Waals surface area contributed by atoms with E-state index in [0.29, 0.717) is 6.07 Å². The van der Waals surface area contributed by atoms with Crippen molar-refractivity contribution < 1.29 is 28.2 Å². The predicted octanol–water partition coefficient (Wildman–Crippen LogP) is 1.49. The van der Waals surface area contributed by atoms with Crippen molar-refractivity contribution in [2.24, 2.45) is 0 Å². The SMILES string of the molecule is O=C(O)Cc1cc(F)nc(C(F)F)c1O. The van der Waals surface area contributed by atoms with Gasteiger partial charge in [-0.2, -0.15) is 4.39 Å². The Morgan fingerprint density at radius 2 is 2.13 bits per heavy atom. The smallest absolute Gasteiger partial charge is 0.307 e. The van der Waals surface area contributed by atoms with E-state index in [9.17, 15) is 18.0 Å². The average Bonchev–Trinajstić information content (AvgIpc) is 2.09. The normalized spacial score (nSPS) is 10.7. The summed E-state index contributed by atoms with van der Waals surface area (Å²) in [5.41, 5.74) is -1.57. The molecule has 2 N–H and O–H groups in total. The number of carbonyl (C=O) groups is 1. The number of aromatic nitrogens is 1. The molecule has 0 unspecified atom stereocenters. The fourth-order valence-corrected chi connectivity index (χ4v) is 1.03. The van der Waals surface area contributed by atoms with Gasteiger partial charge in [-0.3, -0.25) is 4.79 Å². The van der Waals surface area contributed by atoms with Crippen molar-refractivity contribution in [3.63, 3.8) is 0 Å². The molecule has 0 saturated carbocycles. The molecule has 1 rings (SSSR count). The minimum atomic E-state index is -3.16. The Bertz CT molecular complexity index is 395. The highest BCUT2D eigenvalue weighted by molar-refractivity contribution is 5.71. The van der Waals surface area contributed by atoms with E-state index in [1.54, 1.807) is 0 Å². The molecular weight excluding hydrogens is 215 g/mol. The molecule has 0 spiro atoms. The van der Waals surface area contributed by atoms with E-state index in [-0.39, 0.29) is 0 Å². The number of hydrogen-bond acceptors (Lipinski definition) is 3. The zero-order valence-corrected chi connectivity index (χ0v) is 7.25. The summed E-state index contributed by atoms with van der Waals surface area (Å²) < 4.78 is 37.0. The Labute approximate surface area is 82.0 Å². The number of carboxylic acid groups (broad SMARTS) is 1. The van der Waals surface area contributed by atoms with Crippen LogP contribution < -0.4 is 0 Å². The maximum absolute atomic E-state index is 12.7. The Balaban J connectivity index is 3.21. The molecule has 0 aromatic carbocycles. The largest absolute Gasteiger partial charge is 0.505 e. The van der Waals surface area contributed by atoms with Crippen LogP contribution in [0.3, 0.4) is 0 Å². The third-order valence-corrected chi connectivity index (χ3v) is 1.62. The lowest BCUT2D eigenvalue weighted by molar-refractivity contribution is -0.136. The van der Waals surface area contributed by atoms with E-state index in [1.165, 1.54) is 0 Å². The minimum absolute atomic E-state index is 0.426. The van der Waals surface area contributed by atoms with E-state index < -0.39 is 41.8 Å². The maximum atomic E-state index is 12.7. The molecule has 15 heavy (non-hydrogen) atoms. The first-order chi connectivity index (χ1) is 6.91. The second-order valence-corrected chi connectivity index (χ2v) is 2.71. The Kier molecular flexibility index (Phi) is 3.13. The maximum Gasteiger partial charge on any atom is 0.307 e. The molecule has 0 atom stereocenters. The lowest BCUT2D eigenvalue weighted by atomic mass is 10.1. The second-order valence-electron chi connectivity index (χ2n) is 2.71. The molecule has 0 aliphatic carbocycles. The fourth-order valence-electron chi connectivity index (χ4n) is 1.03. The molecule has 0 radical (unpaired) electrons. The van der Waals surface area contributed by atoms with Crippen molar-refractivity contribution in [3.05, 3.63) is 23.3 Å². The van der Waals surface area contributed by atoms with Gasteiger partial charge in [0.1, 0.15) is 5.75 Å². The third-order valence-electron chi connectivity index (χ3n) is 1.62. The first-order valence-electron chi connectivity index (χ1n) is 3.80. The number of hydrogen-bond donors (Lipinski definition) is 2. The van der Waals surface area contributed by atoms with Crippen LogP contribution in [0.15, 0.2) is 6.07 Å². The molecule has 1 aromatic heterocycles. The van der Waals surface area contributed by atoms with Crippen LogP contribution in [-0.2, 0) is 11.2 Å². The first-order valence-corrected chi connectivity index (χ1v) is 3.80. The van der Waals surface area contributed by atoms with Crippen LogP contribution in [0.25, 0.3) is 0 Å². The van der Waals surface area contributed by atoms with Gasteiger partial charge in [0.05, 0.1) is 6.42 Å². The number of aliphatic carboxylic acids is 1. The van der Waals surface area contributed by atoms with Gasteiger partial charge < -0.3 is 10.2 Å². The minimum Gasteiger partial charge on any atom is -0.505 e. The van der Waals surface area contributed by atoms with Gasteiger partial charge in [-0.25, -0.2) is 13.8 Å². The van der Waals surface area contributed by atoms with Crippen molar-refractivity contribution >= 4 is 5.97 Å². The average molecular weight is 221 g/mol. The van der Waals surface area contributed by atoms with Gasteiger partial charge in [0.2, 0.25) is 5.95 Å². The van der Waals surface area contributed by atoms with Gasteiger partial charge in [0.25, 0.3) is 6.43 Å². The number of halogens is 3. The highest BCUT2D eigenvalue weighted by Crippen LogP contribution is 2.29. The van der Waals surface area contributed by atoms with E-state index in [1.807, 2.05) is 0 Å². The Morgan fingerprint density at radius 1 is 1.53 bits per heavy atom. The summed E-state index contributed by atoms with van der Waals surface area (Å²) in [7, 11) is 0. The number of rotatable bonds is 3. The van der Waals surface area contributed by atoms with Crippen molar-refractivity contribution in [2.75, 3.05) is 0 Å². The lowest BCUT2D eigenvalue weighted by Crippen LogP contribution is -2.04. The molecule has 1 aromatic rings. The molecular formula is C8H6F3NO3. The van der Waals surface area contributed by atoms with E-state index in [2.05, 4.69) is 4.98 Å². The second kappa shape index (κ2) is 4.16. The molecule has 0 fully saturated rings. The molecule has 0 saturated heterocycles. The highest BCUT2D eigenvalue weighted by Gasteiger charge is 2.20. The molecule has 7 heteroatoms. The summed E-state index contributed by atoms with van der Waals surface area (Å²) in [6.07, 6.45) is -3.90. The quantitative estimate of drug-likeness (QED) is 0.758. The van der Waals surface area contributed by atoms with Crippen LogP contribution in [0.4, 0.5) is 13.2 Å². The molecule has 1 heterocycles. The van der Waals surface area contributed by atoms with E-state index >= 15 is 0 Å². The molecule has 0 aliphatic rings. The molecule has 82 valence electrons. The predicted molar refractivity (Wildman–Crippen MR) is 42.2 cm³/mol. The van der Waals surface area contributed by atoms with Gasteiger partial charge >= 0.3 is 5.97 Å². The Hall–Kier alpha value is -1.79. The van der Waals surface area contributed by atoms with Gasteiger partial charge in [-0.1, -0.05) is 0 Å². The molecule has 0 amide bonds. The van der Waals surface area contributed by atoms with Gasteiger partial charge in [-0.05, 0) is 0 Å². The molecule has 0 aliphatic heterocycles. The standard InChI is InChI=1S/C8H6F3NO3/c9-4-1-3(2-5(13)14)7(15)6(12-4)8(10)11/h1,8,15H,2H2,(H,13,14). The Morgan fingerprint density at radius 3 is 2.60 bits per heavy atom. The van der Waals surface area contributed by atoms with Crippen molar-refractivity contribution in [3.8, 4) is 5.75 Å². The number of alkyl halides is 2. The van der Waals surface area contributed by atoms with Crippen LogP contribution in [0, 0.1) is 5.95 Å². The summed E-state index contributed by atoms with van der Waals surface area (Å²) in [5, 5.41) is 17.5. The zero-order chi connectivity index (χ0) is 11.6. The third kappa shape index (κ3) is 2.58. The van der Waals surface area contributed by atoms with E-state index in [4.69, 9.17) is 10.2 Å². The van der Waals surface area contributed by atoms with E-state index in [0.717, 1.165) is 0 Å². The van der Waals surface area contributed by atoms with Crippen molar-refractivity contribution in [1.29, 1.82) is 0 Å². The number of nitrogens with zero attached hydrogens (tertiary/aromatic N) is 1. The van der Waals surface area contributed by atoms with Crippen LogP contribution in [0.1, 0.15) is 17.7 Å². The van der Waals surface area contributed by atoms with Gasteiger partial charge in [0, 0.05) is 11.6 Å². The number of aromatic hydroxyl groups is 1. The van der Waals surface area contributed by atoms with Crippen molar-refractivity contribution in [2.45, 2.75) is 12.8 Å². The fraction of sp³-hybridized carbons (Fsp3) is 0.250. The molecule has 0 bridgehead atoms. The first kappa shape index (κ1) is 11.3. The monoisotopic (exact) mass is 221 g/mol. The van der Waals surface area contributed by atoms with Crippen LogP contribution in [0.5, 0.6) is 5.75 Å². The zero-order valence-electron chi connectivity index (χ0n) is 7.25.